The lowest BCUT2D eigenvalue weighted by Gasteiger charge is -2.25. The number of carbonyl (C=O) groups is 2. The number of amides is 1. The maximum Gasteiger partial charge on any atom is 0.241 e. The second-order valence-electron chi connectivity index (χ2n) is 5.80. The predicted octanol–water partition coefficient (Wildman–Crippen LogP) is 4.70. The van der Waals surface area contributed by atoms with Crippen LogP contribution in [-0.4, -0.2) is 24.6 Å². The molecule has 2 aromatic carbocycles. The molecule has 0 aromatic heterocycles. The number of ketones is 1. The molecule has 0 aliphatic carbocycles. The quantitative estimate of drug-likeness (QED) is 0.524. The largest absolute Gasteiger partial charge is 0.497 e. The molecule has 4 nitrogen and oxygen atoms in total. The molecule has 0 N–H and O–H groups in total. The minimum absolute atomic E-state index is 0.0426. The van der Waals surface area contributed by atoms with Gasteiger partial charge < -0.3 is 4.74 Å². The number of hydrogen-bond acceptors (Lipinski definition) is 4. The van der Waals surface area contributed by atoms with Crippen molar-refractivity contribution in [3.63, 3.8) is 0 Å². The third-order valence-electron chi connectivity index (χ3n) is 4.09. The van der Waals surface area contributed by atoms with Crippen LogP contribution in [0.2, 0.25) is 0 Å². The van der Waals surface area contributed by atoms with E-state index in [4.69, 9.17) is 4.74 Å². The van der Waals surface area contributed by atoms with E-state index < -0.39 is 0 Å². The standard InChI is InChI=1S/C21H23NO3S/c1-15(17(3)23)16(2)22(18-8-6-5-7-9-18)21(24)14-26-20-12-10-19(25-4)11-13-20/h5-13H,14H2,1-4H3. The Morgan fingerprint density at radius 1 is 0.962 bits per heavy atom. The van der Waals surface area contributed by atoms with Crippen LogP contribution < -0.4 is 9.64 Å². The van der Waals surface area contributed by atoms with Crippen molar-refractivity contribution >= 4 is 29.1 Å². The maximum absolute atomic E-state index is 12.9. The number of Topliss-reactive ketones (excluding diaryl/α,β-unsaturated/α-hetero) is 1. The number of rotatable bonds is 7. The van der Waals surface area contributed by atoms with Gasteiger partial charge in [-0.1, -0.05) is 18.2 Å². The van der Waals surface area contributed by atoms with Crippen LogP contribution in [0.4, 0.5) is 5.69 Å². The average Bonchev–Trinajstić information content (AvgIpc) is 2.67. The van der Waals surface area contributed by atoms with E-state index in [1.807, 2.05) is 54.6 Å². The zero-order valence-electron chi connectivity index (χ0n) is 15.5. The second-order valence-corrected chi connectivity index (χ2v) is 6.84. The first-order valence-corrected chi connectivity index (χ1v) is 9.26. The minimum Gasteiger partial charge on any atom is -0.497 e. The summed E-state index contributed by atoms with van der Waals surface area (Å²) in [7, 11) is 1.62. The molecule has 0 aliphatic rings. The molecule has 0 aliphatic heterocycles. The third-order valence-corrected chi connectivity index (χ3v) is 5.09. The zero-order valence-corrected chi connectivity index (χ0v) is 16.3. The maximum atomic E-state index is 12.9. The van der Waals surface area contributed by atoms with E-state index in [1.165, 1.54) is 18.7 Å². The highest BCUT2D eigenvalue weighted by atomic mass is 32.2. The molecule has 0 saturated carbocycles. The monoisotopic (exact) mass is 369 g/mol. The van der Waals surface area contributed by atoms with Crippen LogP contribution in [0.25, 0.3) is 0 Å². The highest BCUT2D eigenvalue weighted by Gasteiger charge is 2.20. The van der Waals surface area contributed by atoms with Gasteiger partial charge in [-0.25, -0.2) is 0 Å². The Labute approximate surface area is 158 Å². The highest BCUT2D eigenvalue weighted by Crippen LogP contribution is 2.26. The van der Waals surface area contributed by atoms with E-state index in [1.54, 1.807) is 25.9 Å². The Morgan fingerprint density at radius 3 is 2.12 bits per heavy atom. The molecule has 136 valence electrons. The number of methoxy groups -OCH3 is 1. The lowest BCUT2D eigenvalue weighted by Crippen LogP contribution is -2.32. The van der Waals surface area contributed by atoms with Gasteiger partial charge in [0.1, 0.15) is 5.75 Å². The zero-order chi connectivity index (χ0) is 19.1. The van der Waals surface area contributed by atoms with E-state index in [2.05, 4.69) is 0 Å². The van der Waals surface area contributed by atoms with E-state index in [-0.39, 0.29) is 17.4 Å². The molecule has 0 saturated heterocycles. The molecule has 0 heterocycles. The lowest BCUT2D eigenvalue weighted by molar-refractivity contribution is -0.115. The summed E-state index contributed by atoms with van der Waals surface area (Å²) in [5.41, 5.74) is 1.99. The fourth-order valence-electron chi connectivity index (χ4n) is 2.41. The summed E-state index contributed by atoms with van der Waals surface area (Å²) in [4.78, 5) is 27.3. The van der Waals surface area contributed by atoms with Crippen molar-refractivity contribution in [2.45, 2.75) is 25.7 Å². The minimum atomic E-state index is -0.0740. The van der Waals surface area contributed by atoms with Gasteiger partial charge in [0.05, 0.1) is 12.9 Å². The smallest absolute Gasteiger partial charge is 0.241 e. The van der Waals surface area contributed by atoms with Gasteiger partial charge in [0, 0.05) is 21.9 Å². The number of para-hydroxylation sites is 1. The molecule has 2 rings (SSSR count). The fourth-order valence-corrected chi connectivity index (χ4v) is 3.15. The van der Waals surface area contributed by atoms with E-state index in [0.29, 0.717) is 11.3 Å². The van der Waals surface area contributed by atoms with Crippen molar-refractivity contribution in [2.75, 3.05) is 17.8 Å². The van der Waals surface area contributed by atoms with Crippen LogP contribution in [0, 0.1) is 0 Å². The number of hydrogen-bond donors (Lipinski definition) is 0. The third kappa shape index (κ3) is 4.99. The van der Waals surface area contributed by atoms with E-state index >= 15 is 0 Å². The summed E-state index contributed by atoms with van der Waals surface area (Å²) in [6.45, 7) is 5.07. The molecular weight excluding hydrogens is 346 g/mol. The van der Waals surface area contributed by atoms with Gasteiger partial charge >= 0.3 is 0 Å². The van der Waals surface area contributed by atoms with Crippen LogP contribution in [0.1, 0.15) is 20.8 Å². The molecule has 2 aromatic rings. The molecule has 0 atom stereocenters. The van der Waals surface area contributed by atoms with Gasteiger partial charge in [-0.3, -0.25) is 14.5 Å². The first-order valence-electron chi connectivity index (χ1n) is 8.27. The van der Waals surface area contributed by atoms with Gasteiger partial charge in [0.2, 0.25) is 5.91 Å². The van der Waals surface area contributed by atoms with E-state index in [0.717, 1.165) is 16.3 Å². The first-order chi connectivity index (χ1) is 12.4. The molecule has 0 bridgehead atoms. The topological polar surface area (TPSA) is 46.6 Å². The number of thioether (sulfide) groups is 1. The molecular formula is C21H23NO3S. The summed E-state index contributed by atoms with van der Waals surface area (Å²) < 4.78 is 5.15. The Bertz CT molecular complexity index is 798. The Balaban J connectivity index is 2.23. The van der Waals surface area contributed by atoms with Crippen LogP contribution in [0.3, 0.4) is 0 Å². The number of ether oxygens (including phenoxy) is 1. The summed E-state index contributed by atoms with van der Waals surface area (Å²) >= 11 is 1.45. The molecule has 0 spiro atoms. The number of benzene rings is 2. The van der Waals surface area contributed by atoms with Gasteiger partial charge in [-0.05, 0) is 57.2 Å². The molecule has 1 amide bonds. The van der Waals surface area contributed by atoms with E-state index in [9.17, 15) is 9.59 Å². The molecule has 0 radical (unpaired) electrons. The summed E-state index contributed by atoms with van der Waals surface area (Å²) in [6.07, 6.45) is 0. The Morgan fingerprint density at radius 2 is 1.58 bits per heavy atom. The van der Waals surface area contributed by atoms with Crippen molar-refractivity contribution in [1.29, 1.82) is 0 Å². The van der Waals surface area contributed by atoms with Gasteiger partial charge in [-0.2, -0.15) is 0 Å². The van der Waals surface area contributed by atoms with Gasteiger partial charge in [0.15, 0.2) is 5.78 Å². The summed E-state index contributed by atoms with van der Waals surface area (Å²) in [6, 6.07) is 17.0. The highest BCUT2D eigenvalue weighted by molar-refractivity contribution is 8.00. The first kappa shape index (κ1) is 19.8. The van der Waals surface area contributed by atoms with Crippen molar-refractivity contribution < 1.29 is 14.3 Å². The van der Waals surface area contributed by atoms with Crippen LogP contribution in [0.5, 0.6) is 5.75 Å². The SMILES string of the molecule is COc1ccc(SCC(=O)N(C(C)=C(C)C(C)=O)c2ccccc2)cc1. The van der Waals surface area contributed by atoms with Crippen LogP contribution >= 0.6 is 11.8 Å². The van der Waals surface area contributed by atoms with Crippen LogP contribution in [0.15, 0.2) is 70.8 Å². The molecule has 0 unspecified atom stereocenters. The Hall–Kier alpha value is -2.53. The van der Waals surface area contributed by atoms with Gasteiger partial charge in [0.25, 0.3) is 0 Å². The normalized spacial score (nSPS) is 11.5. The van der Waals surface area contributed by atoms with Crippen molar-refractivity contribution in [3.8, 4) is 5.75 Å². The predicted molar refractivity (Wildman–Crippen MR) is 107 cm³/mol. The molecule has 5 heteroatoms. The van der Waals surface area contributed by atoms with Crippen LogP contribution in [-0.2, 0) is 9.59 Å². The molecule has 0 fully saturated rings. The summed E-state index contributed by atoms with van der Waals surface area (Å²) in [5.74, 6) is 0.931. The van der Waals surface area contributed by atoms with Gasteiger partial charge in [-0.15, -0.1) is 11.8 Å². The number of carbonyl (C=O) groups excluding carboxylic acids is 2. The number of anilines is 1. The lowest BCUT2D eigenvalue weighted by atomic mass is 10.1. The van der Waals surface area contributed by atoms with Crippen molar-refractivity contribution in [3.05, 3.63) is 65.9 Å². The number of nitrogens with zero attached hydrogens (tertiary/aromatic N) is 1. The average molecular weight is 369 g/mol. The summed E-state index contributed by atoms with van der Waals surface area (Å²) in [5, 5.41) is 0. The van der Waals surface area contributed by atoms with Crippen molar-refractivity contribution in [2.24, 2.45) is 0 Å². The second kappa shape index (κ2) is 9.25. The van der Waals surface area contributed by atoms with Crippen molar-refractivity contribution in [1.82, 2.24) is 0 Å². The number of allylic oxidation sites excluding steroid dienone is 2. The Kier molecular flexibility index (Phi) is 7.04. The fraction of sp³-hybridized carbons (Fsp3) is 0.238. The molecule has 26 heavy (non-hydrogen) atoms.